The van der Waals surface area contributed by atoms with E-state index < -0.39 is 11.9 Å². The Balaban J connectivity index is 1.88. The third-order valence-electron chi connectivity index (χ3n) is 4.77. The molecule has 1 aromatic rings. The molecule has 0 saturated heterocycles. The number of carbonyl (C=O) groups excluding carboxylic acids is 1. The minimum absolute atomic E-state index is 0.0112. The van der Waals surface area contributed by atoms with Gasteiger partial charge in [0, 0.05) is 12.5 Å². The highest BCUT2D eigenvalue weighted by Gasteiger charge is 2.32. The number of rotatable bonds is 6. The largest absolute Gasteiger partial charge is 0.481 e. The maximum atomic E-state index is 12.4. The van der Waals surface area contributed by atoms with E-state index in [9.17, 15) is 14.7 Å². The van der Waals surface area contributed by atoms with Crippen molar-refractivity contribution in [2.45, 2.75) is 46.0 Å². The van der Waals surface area contributed by atoms with Crippen LogP contribution in [0.3, 0.4) is 0 Å². The Kier molecular flexibility index (Phi) is 5.80. The van der Waals surface area contributed by atoms with Gasteiger partial charge in [-0.25, -0.2) is 0 Å². The van der Waals surface area contributed by atoms with Crippen molar-refractivity contribution in [3.05, 3.63) is 35.9 Å². The van der Waals surface area contributed by atoms with Crippen molar-refractivity contribution >= 4 is 11.9 Å². The van der Waals surface area contributed by atoms with E-state index in [1.54, 1.807) is 0 Å². The fraction of sp³-hybridized carbons (Fsp3) is 0.579. The number of hydrogen-bond acceptors (Lipinski definition) is 2. The van der Waals surface area contributed by atoms with Crippen molar-refractivity contribution in [3.8, 4) is 0 Å². The Morgan fingerprint density at radius 3 is 2.61 bits per heavy atom. The molecule has 23 heavy (non-hydrogen) atoms. The first-order valence-corrected chi connectivity index (χ1v) is 8.42. The van der Waals surface area contributed by atoms with Gasteiger partial charge in [-0.3, -0.25) is 9.59 Å². The van der Waals surface area contributed by atoms with Crippen LogP contribution in [-0.4, -0.2) is 23.5 Å². The SMILES string of the molecule is CC1(C)CCCC(C(=O)NCC(Cc2ccccc2)C(=O)O)C1. The monoisotopic (exact) mass is 317 g/mol. The lowest BCUT2D eigenvalue weighted by Crippen LogP contribution is -2.40. The highest BCUT2D eigenvalue weighted by molar-refractivity contribution is 5.79. The Hall–Kier alpha value is -1.84. The highest BCUT2D eigenvalue weighted by Crippen LogP contribution is 2.38. The first kappa shape index (κ1) is 17.5. The molecule has 2 unspecified atom stereocenters. The van der Waals surface area contributed by atoms with Crippen LogP contribution >= 0.6 is 0 Å². The van der Waals surface area contributed by atoms with Crippen molar-refractivity contribution in [1.82, 2.24) is 5.32 Å². The lowest BCUT2D eigenvalue weighted by Gasteiger charge is -2.34. The van der Waals surface area contributed by atoms with Gasteiger partial charge in [0.15, 0.2) is 0 Å². The molecule has 1 aliphatic carbocycles. The average molecular weight is 317 g/mol. The molecule has 2 rings (SSSR count). The molecule has 0 aliphatic heterocycles. The van der Waals surface area contributed by atoms with Crippen LogP contribution in [0, 0.1) is 17.3 Å². The number of hydrogen-bond donors (Lipinski definition) is 2. The van der Waals surface area contributed by atoms with Crippen molar-refractivity contribution in [2.75, 3.05) is 6.54 Å². The topological polar surface area (TPSA) is 66.4 Å². The molecular weight excluding hydrogens is 290 g/mol. The first-order valence-electron chi connectivity index (χ1n) is 8.42. The molecule has 1 aliphatic rings. The smallest absolute Gasteiger partial charge is 0.308 e. The van der Waals surface area contributed by atoms with E-state index in [1.165, 1.54) is 0 Å². The van der Waals surface area contributed by atoms with Crippen LogP contribution in [0.25, 0.3) is 0 Å². The van der Waals surface area contributed by atoms with Crippen molar-refractivity contribution in [2.24, 2.45) is 17.3 Å². The van der Waals surface area contributed by atoms with E-state index in [0.717, 1.165) is 31.2 Å². The fourth-order valence-corrected chi connectivity index (χ4v) is 3.44. The molecule has 4 heteroatoms. The third kappa shape index (κ3) is 5.38. The predicted molar refractivity (Wildman–Crippen MR) is 90.0 cm³/mol. The molecule has 0 heterocycles. The lowest BCUT2D eigenvalue weighted by molar-refractivity contribution is -0.141. The van der Waals surface area contributed by atoms with E-state index in [4.69, 9.17) is 0 Å². The van der Waals surface area contributed by atoms with Crippen molar-refractivity contribution < 1.29 is 14.7 Å². The van der Waals surface area contributed by atoms with Gasteiger partial charge in [0.1, 0.15) is 0 Å². The van der Waals surface area contributed by atoms with Gasteiger partial charge in [-0.2, -0.15) is 0 Å². The molecule has 126 valence electrons. The van der Waals surface area contributed by atoms with E-state index in [-0.39, 0.29) is 23.8 Å². The second kappa shape index (κ2) is 7.62. The zero-order valence-corrected chi connectivity index (χ0v) is 14.0. The summed E-state index contributed by atoms with van der Waals surface area (Å²) in [7, 11) is 0. The summed E-state index contributed by atoms with van der Waals surface area (Å²) in [6.07, 6.45) is 4.45. The van der Waals surface area contributed by atoms with Gasteiger partial charge in [-0.1, -0.05) is 50.6 Å². The zero-order chi connectivity index (χ0) is 16.9. The number of benzene rings is 1. The van der Waals surface area contributed by atoms with Gasteiger partial charge in [0.05, 0.1) is 5.92 Å². The summed E-state index contributed by atoms with van der Waals surface area (Å²) in [5, 5.41) is 12.3. The summed E-state index contributed by atoms with van der Waals surface area (Å²) in [4.78, 5) is 23.8. The second-order valence-corrected chi connectivity index (χ2v) is 7.43. The van der Waals surface area contributed by atoms with Gasteiger partial charge in [-0.15, -0.1) is 0 Å². The lowest BCUT2D eigenvalue weighted by atomic mass is 9.72. The summed E-state index contributed by atoms with van der Waals surface area (Å²) in [5.41, 5.74) is 1.18. The normalized spacial score (nSPS) is 21.4. The van der Waals surface area contributed by atoms with Gasteiger partial charge in [0.2, 0.25) is 5.91 Å². The number of aliphatic carboxylic acids is 1. The summed E-state index contributed by atoms with van der Waals surface area (Å²) >= 11 is 0. The maximum absolute atomic E-state index is 12.4. The predicted octanol–water partition coefficient (Wildman–Crippen LogP) is 3.26. The Bertz CT molecular complexity index is 539. The summed E-state index contributed by atoms with van der Waals surface area (Å²) in [5.74, 6) is -1.42. The van der Waals surface area contributed by atoms with Gasteiger partial charge in [0.25, 0.3) is 0 Å². The van der Waals surface area contributed by atoms with Gasteiger partial charge in [-0.05, 0) is 36.7 Å². The second-order valence-electron chi connectivity index (χ2n) is 7.43. The van der Waals surface area contributed by atoms with Crippen LogP contribution in [-0.2, 0) is 16.0 Å². The number of nitrogens with one attached hydrogen (secondary N) is 1. The average Bonchev–Trinajstić information content (AvgIpc) is 2.50. The highest BCUT2D eigenvalue weighted by atomic mass is 16.4. The van der Waals surface area contributed by atoms with Crippen molar-refractivity contribution in [1.29, 1.82) is 0 Å². The molecule has 1 aromatic carbocycles. The van der Waals surface area contributed by atoms with E-state index >= 15 is 0 Å². The first-order chi connectivity index (χ1) is 10.9. The Morgan fingerprint density at radius 1 is 1.30 bits per heavy atom. The zero-order valence-electron chi connectivity index (χ0n) is 14.0. The summed E-state index contributed by atoms with van der Waals surface area (Å²) in [6.45, 7) is 4.59. The molecule has 1 amide bonds. The molecule has 0 bridgehead atoms. The van der Waals surface area contributed by atoms with Crippen LogP contribution in [0.15, 0.2) is 30.3 Å². The third-order valence-corrected chi connectivity index (χ3v) is 4.77. The number of carbonyl (C=O) groups is 2. The molecule has 0 spiro atoms. The van der Waals surface area contributed by atoms with Crippen LogP contribution < -0.4 is 5.32 Å². The number of amides is 1. The standard InChI is InChI=1S/C19H27NO3/c1-19(2)10-6-9-15(12-19)17(21)20-13-16(18(22)23)11-14-7-4-3-5-8-14/h3-5,7-8,15-16H,6,9-13H2,1-2H3,(H,20,21)(H,22,23). The molecule has 0 aromatic heterocycles. The van der Waals surface area contributed by atoms with Crippen molar-refractivity contribution in [3.63, 3.8) is 0 Å². The molecule has 1 fully saturated rings. The molecule has 1 saturated carbocycles. The number of carboxylic acid groups (broad SMARTS) is 1. The molecule has 2 atom stereocenters. The summed E-state index contributed by atoms with van der Waals surface area (Å²) in [6, 6.07) is 9.54. The van der Waals surface area contributed by atoms with E-state index in [1.807, 2.05) is 30.3 Å². The molecular formula is C19H27NO3. The van der Waals surface area contributed by atoms with E-state index in [2.05, 4.69) is 19.2 Å². The quantitative estimate of drug-likeness (QED) is 0.846. The summed E-state index contributed by atoms with van der Waals surface area (Å²) < 4.78 is 0. The Morgan fingerprint density at radius 2 is 2.00 bits per heavy atom. The fourth-order valence-electron chi connectivity index (χ4n) is 3.44. The van der Waals surface area contributed by atoms with E-state index in [0.29, 0.717) is 6.42 Å². The van der Waals surface area contributed by atoms with Crippen LogP contribution in [0.2, 0.25) is 0 Å². The minimum atomic E-state index is -0.863. The van der Waals surface area contributed by atoms with Gasteiger partial charge < -0.3 is 10.4 Å². The molecule has 0 radical (unpaired) electrons. The van der Waals surface area contributed by atoms with Crippen LogP contribution in [0.5, 0.6) is 0 Å². The molecule has 4 nitrogen and oxygen atoms in total. The van der Waals surface area contributed by atoms with Crippen LogP contribution in [0.4, 0.5) is 0 Å². The number of carboxylic acids is 1. The maximum Gasteiger partial charge on any atom is 0.308 e. The van der Waals surface area contributed by atoms with Gasteiger partial charge >= 0.3 is 5.97 Å². The minimum Gasteiger partial charge on any atom is -0.481 e. The van der Waals surface area contributed by atoms with Crippen LogP contribution in [0.1, 0.15) is 45.1 Å². The molecule has 2 N–H and O–H groups in total. The Labute approximate surface area is 138 Å².